The van der Waals surface area contributed by atoms with Crippen molar-refractivity contribution in [3.8, 4) is 11.5 Å². The molecule has 1 heterocycles. The largest absolute Gasteiger partial charge is 0.494 e. The van der Waals surface area contributed by atoms with Gasteiger partial charge in [0.05, 0.1) is 13.2 Å². The molecular formula is C16H23NO4. The first kappa shape index (κ1) is 15.6. The Morgan fingerprint density at radius 3 is 2.43 bits per heavy atom. The highest BCUT2D eigenvalue weighted by Crippen LogP contribution is 2.17. The summed E-state index contributed by atoms with van der Waals surface area (Å²) in [5.74, 6) is 1.80. The van der Waals surface area contributed by atoms with Crippen LogP contribution in [0.2, 0.25) is 0 Å². The molecule has 1 N–H and O–H groups in total. The lowest BCUT2D eigenvalue weighted by Crippen LogP contribution is -2.36. The van der Waals surface area contributed by atoms with Crippen LogP contribution in [0.25, 0.3) is 0 Å². The summed E-state index contributed by atoms with van der Waals surface area (Å²) in [6.07, 6.45) is 1.62. The van der Waals surface area contributed by atoms with Gasteiger partial charge in [-0.25, -0.2) is 0 Å². The lowest BCUT2D eigenvalue weighted by molar-refractivity contribution is -0.127. The third kappa shape index (κ3) is 5.27. The Hall–Kier alpha value is -1.75. The van der Waals surface area contributed by atoms with Crippen LogP contribution in [0, 0.1) is 5.92 Å². The number of carbonyl (C=O) groups excluding carboxylic acids is 1. The standard InChI is InChI=1S/C16H23NO4/c1-2-20-14-3-5-15(6-4-14)21-12-9-17-16(18)13-7-10-19-11-8-13/h3-6,13H,2,7-12H2,1H3,(H,17,18). The number of nitrogens with one attached hydrogen (secondary N) is 1. The number of hydrogen-bond acceptors (Lipinski definition) is 4. The van der Waals surface area contributed by atoms with E-state index in [0.29, 0.717) is 33.0 Å². The van der Waals surface area contributed by atoms with Crippen molar-refractivity contribution < 1.29 is 19.0 Å². The third-order valence-corrected chi connectivity index (χ3v) is 3.40. The summed E-state index contributed by atoms with van der Waals surface area (Å²) in [6.45, 7) is 4.94. The zero-order chi connectivity index (χ0) is 14.9. The second-order valence-electron chi connectivity index (χ2n) is 4.93. The van der Waals surface area contributed by atoms with Crippen molar-refractivity contribution in [2.45, 2.75) is 19.8 Å². The van der Waals surface area contributed by atoms with E-state index < -0.39 is 0 Å². The highest BCUT2D eigenvalue weighted by molar-refractivity contribution is 5.78. The lowest BCUT2D eigenvalue weighted by atomic mass is 9.99. The number of carbonyl (C=O) groups is 1. The van der Waals surface area contributed by atoms with Crippen LogP contribution in [0.15, 0.2) is 24.3 Å². The molecule has 1 aromatic rings. The maximum Gasteiger partial charge on any atom is 0.223 e. The van der Waals surface area contributed by atoms with Crippen molar-refractivity contribution in [3.05, 3.63) is 24.3 Å². The molecule has 1 aliphatic rings. The topological polar surface area (TPSA) is 56.8 Å². The molecule has 1 fully saturated rings. The Kier molecular flexibility index (Phi) is 6.34. The lowest BCUT2D eigenvalue weighted by Gasteiger charge is -2.21. The van der Waals surface area contributed by atoms with Gasteiger partial charge in [0.25, 0.3) is 0 Å². The molecule has 0 unspecified atom stereocenters. The average molecular weight is 293 g/mol. The van der Waals surface area contributed by atoms with E-state index in [1.807, 2.05) is 31.2 Å². The van der Waals surface area contributed by atoms with Gasteiger partial charge in [0, 0.05) is 19.1 Å². The minimum absolute atomic E-state index is 0.0872. The molecule has 5 nitrogen and oxygen atoms in total. The molecule has 21 heavy (non-hydrogen) atoms. The van der Waals surface area contributed by atoms with Gasteiger partial charge >= 0.3 is 0 Å². The van der Waals surface area contributed by atoms with E-state index >= 15 is 0 Å². The molecule has 0 aliphatic carbocycles. The summed E-state index contributed by atoms with van der Waals surface area (Å²) in [7, 11) is 0. The van der Waals surface area contributed by atoms with Crippen LogP contribution in [0.5, 0.6) is 11.5 Å². The highest BCUT2D eigenvalue weighted by Gasteiger charge is 2.20. The van der Waals surface area contributed by atoms with E-state index in [4.69, 9.17) is 14.2 Å². The van der Waals surface area contributed by atoms with Crippen LogP contribution in [0.1, 0.15) is 19.8 Å². The summed E-state index contributed by atoms with van der Waals surface area (Å²) in [4.78, 5) is 11.9. The van der Waals surface area contributed by atoms with Crippen LogP contribution in [0.3, 0.4) is 0 Å². The Morgan fingerprint density at radius 2 is 1.81 bits per heavy atom. The van der Waals surface area contributed by atoms with Crippen LogP contribution in [-0.2, 0) is 9.53 Å². The molecule has 0 saturated carbocycles. The van der Waals surface area contributed by atoms with E-state index in [9.17, 15) is 4.79 Å². The van der Waals surface area contributed by atoms with Gasteiger partial charge in [0.1, 0.15) is 18.1 Å². The van der Waals surface area contributed by atoms with Crippen molar-refractivity contribution in [2.24, 2.45) is 5.92 Å². The van der Waals surface area contributed by atoms with Gasteiger partial charge in [-0.2, -0.15) is 0 Å². The van der Waals surface area contributed by atoms with Gasteiger partial charge in [-0.3, -0.25) is 4.79 Å². The highest BCUT2D eigenvalue weighted by atomic mass is 16.5. The zero-order valence-corrected chi connectivity index (χ0v) is 12.5. The molecule has 5 heteroatoms. The van der Waals surface area contributed by atoms with E-state index in [2.05, 4.69) is 5.32 Å². The predicted octanol–water partition coefficient (Wildman–Crippen LogP) is 2.01. The molecule has 0 bridgehead atoms. The summed E-state index contributed by atoms with van der Waals surface area (Å²) >= 11 is 0. The van der Waals surface area contributed by atoms with Crippen LogP contribution < -0.4 is 14.8 Å². The third-order valence-electron chi connectivity index (χ3n) is 3.40. The van der Waals surface area contributed by atoms with E-state index in [-0.39, 0.29) is 11.8 Å². The van der Waals surface area contributed by atoms with Gasteiger partial charge in [0.15, 0.2) is 0 Å². The SMILES string of the molecule is CCOc1ccc(OCCNC(=O)C2CCOCC2)cc1. The summed E-state index contributed by atoms with van der Waals surface area (Å²) < 4.78 is 16.2. The van der Waals surface area contributed by atoms with Crippen LogP contribution in [-0.4, -0.2) is 38.9 Å². The second kappa shape index (κ2) is 8.52. The molecule has 1 amide bonds. The number of hydrogen-bond donors (Lipinski definition) is 1. The summed E-state index contributed by atoms with van der Waals surface area (Å²) in [5.41, 5.74) is 0. The molecule has 0 spiro atoms. The van der Waals surface area contributed by atoms with E-state index in [1.54, 1.807) is 0 Å². The minimum atomic E-state index is 0.0872. The predicted molar refractivity (Wildman–Crippen MR) is 79.7 cm³/mol. The molecule has 1 saturated heterocycles. The van der Waals surface area contributed by atoms with Gasteiger partial charge in [-0.1, -0.05) is 0 Å². The van der Waals surface area contributed by atoms with Crippen LogP contribution >= 0.6 is 0 Å². The molecule has 1 aliphatic heterocycles. The fourth-order valence-corrected chi connectivity index (χ4v) is 2.25. The fraction of sp³-hybridized carbons (Fsp3) is 0.562. The normalized spacial score (nSPS) is 15.5. The molecule has 0 atom stereocenters. The molecule has 2 rings (SSSR count). The Bertz CT molecular complexity index is 426. The average Bonchev–Trinajstić information content (AvgIpc) is 2.54. The van der Waals surface area contributed by atoms with Crippen LogP contribution in [0.4, 0.5) is 0 Å². The molecule has 0 radical (unpaired) electrons. The maximum atomic E-state index is 11.9. The molecule has 116 valence electrons. The van der Waals surface area contributed by atoms with Crippen molar-refractivity contribution >= 4 is 5.91 Å². The fourth-order valence-electron chi connectivity index (χ4n) is 2.25. The summed E-state index contributed by atoms with van der Waals surface area (Å²) in [6, 6.07) is 7.48. The molecule has 0 aromatic heterocycles. The number of rotatable bonds is 7. The van der Waals surface area contributed by atoms with Gasteiger partial charge in [-0.05, 0) is 44.0 Å². The van der Waals surface area contributed by atoms with Gasteiger partial charge < -0.3 is 19.5 Å². The zero-order valence-electron chi connectivity index (χ0n) is 12.5. The Labute approximate surface area is 125 Å². The Morgan fingerprint density at radius 1 is 1.19 bits per heavy atom. The maximum absolute atomic E-state index is 11.9. The van der Waals surface area contributed by atoms with Crippen molar-refractivity contribution in [1.29, 1.82) is 0 Å². The quantitative estimate of drug-likeness (QED) is 0.781. The number of benzene rings is 1. The smallest absolute Gasteiger partial charge is 0.223 e. The van der Waals surface area contributed by atoms with Crippen molar-refractivity contribution in [3.63, 3.8) is 0 Å². The van der Waals surface area contributed by atoms with Gasteiger partial charge in [-0.15, -0.1) is 0 Å². The second-order valence-corrected chi connectivity index (χ2v) is 4.93. The minimum Gasteiger partial charge on any atom is -0.494 e. The summed E-state index contributed by atoms with van der Waals surface area (Å²) in [5, 5.41) is 2.91. The van der Waals surface area contributed by atoms with Crippen molar-refractivity contribution in [1.82, 2.24) is 5.32 Å². The first-order chi connectivity index (χ1) is 10.3. The first-order valence-corrected chi connectivity index (χ1v) is 7.50. The van der Waals surface area contributed by atoms with Gasteiger partial charge in [0.2, 0.25) is 5.91 Å². The first-order valence-electron chi connectivity index (χ1n) is 7.50. The van der Waals surface area contributed by atoms with E-state index in [1.165, 1.54) is 0 Å². The molecular weight excluding hydrogens is 270 g/mol. The Balaban J connectivity index is 1.63. The number of ether oxygens (including phenoxy) is 3. The monoisotopic (exact) mass is 293 g/mol. The van der Waals surface area contributed by atoms with Crippen molar-refractivity contribution in [2.75, 3.05) is 33.0 Å². The van der Waals surface area contributed by atoms with E-state index in [0.717, 1.165) is 24.3 Å². The number of amides is 1. The molecule has 1 aromatic carbocycles.